The van der Waals surface area contributed by atoms with E-state index < -0.39 is 0 Å². The number of fused-ring (bicyclic) bond motifs is 5. The molecule has 4 heteroatoms. The summed E-state index contributed by atoms with van der Waals surface area (Å²) >= 11 is 7.86. The van der Waals surface area contributed by atoms with E-state index in [1.54, 1.807) is 11.3 Å². The number of aromatic nitrogens is 1. The molecule has 0 amide bonds. The second kappa shape index (κ2) is 4.82. The fourth-order valence-corrected chi connectivity index (χ4v) is 4.08. The van der Waals surface area contributed by atoms with Crippen LogP contribution in [0.15, 0.2) is 65.1 Å². The van der Waals surface area contributed by atoms with Crippen molar-refractivity contribution >= 4 is 55.1 Å². The van der Waals surface area contributed by atoms with E-state index in [4.69, 9.17) is 21.0 Å². The summed E-state index contributed by atoms with van der Waals surface area (Å²) in [5.74, 6) is 0. The SMILES string of the molecule is Clc1ccc2oc3ccc4sc(-c5ccccc5)nc4c3c2c1. The molecule has 2 nitrogen and oxygen atoms in total. The summed E-state index contributed by atoms with van der Waals surface area (Å²) in [6.45, 7) is 0. The van der Waals surface area contributed by atoms with Gasteiger partial charge in [-0.1, -0.05) is 41.9 Å². The van der Waals surface area contributed by atoms with Crippen LogP contribution in [-0.4, -0.2) is 4.98 Å². The molecule has 0 N–H and O–H groups in total. The first-order valence-electron chi connectivity index (χ1n) is 7.26. The van der Waals surface area contributed by atoms with Gasteiger partial charge in [0.2, 0.25) is 0 Å². The molecule has 0 saturated heterocycles. The molecule has 0 saturated carbocycles. The van der Waals surface area contributed by atoms with Crippen molar-refractivity contribution in [3.63, 3.8) is 0 Å². The molecule has 0 radical (unpaired) electrons. The third-order valence-corrected chi connectivity index (χ3v) is 5.28. The standard InChI is InChI=1S/C19H10ClNOS/c20-12-6-7-14-13(10-12)17-15(22-14)8-9-16-18(17)21-19(23-16)11-4-2-1-3-5-11/h1-10H. The Bertz CT molecular complexity index is 1170. The minimum Gasteiger partial charge on any atom is -0.456 e. The molecule has 5 rings (SSSR count). The van der Waals surface area contributed by atoms with Gasteiger partial charge in [0.25, 0.3) is 0 Å². The third-order valence-electron chi connectivity index (χ3n) is 3.97. The lowest BCUT2D eigenvalue weighted by Crippen LogP contribution is -1.75. The van der Waals surface area contributed by atoms with Gasteiger partial charge in [0, 0.05) is 16.0 Å². The van der Waals surface area contributed by atoms with E-state index in [1.165, 1.54) is 0 Å². The number of halogens is 1. The molecule has 0 aliphatic rings. The van der Waals surface area contributed by atoms with Crippen LogP contribution in [0.5, 0.6) is 0 Å². The monoisotopic (exact) mass is 335 g/mol. The third kappa shape index (κ3) is 1.97. The van der Waals surface area contributed by atoms with Crippen molar-refractivity contribution in [3.05, 3.63) is 65.7 Å². The van der Waals surface area contributed by atoms with E-state index in [0.29, 0.717) is 5.02 Å². The summed E-state index contributed by atoms with van der Waals surface area (Å²) in [5.41, 5.74) is 3.80. The van der Waals surface area contributed by atoms with Gasteiger partial charge >= 0.3 is 0 Å². The van der Waals surface area contributed by atoms with Crippen LogP contribution in [0.25, 0.3) is 42.7 Å². The zero-order valence-electron chi connectivity index (χ0n) is 11.9. The molecule has 0 fully saturated rings. The summed E-state index contributed by atoms with van der Waals surface area (Å²) in [4.78, 5) is 4.88. The Labute approximate surface area is 140 Å². The highest BCUT2D eigenvalue weighted by Crippen LogP contribution is 2.39. The van der Waals surface area contributed by atoms with Crippen molar-refractivity contribution in [2.24, 2.45) is 0 Å². The highest BCUT2D eigenvalue weighted by molar-refractivity contribution is 7.21. The predicted octanol–water partition coefficient (Wildman–Crippen LogP) is 6.52. The molecular weight excluding hydrogens is 326 g/mol. The van der Waals surface area contributed by atoms with E-state index in [2.05, 4.69) is 18.2 Å². The lowest BCUT2D eigenvalue weighted by atomic mass is 10.1. The molecular formula is C19H10ClNOS. The first-order valence-corrected chi connectivity index (χ1v) is 8.46. The number of thiazole rings is 1. The molecule has 3 aromatic carbocycles. The second-order valence-electron chi connectivity index (χ2n) is 5.41. The Morgan fingerprint density at radius 3 is 2.61 bits per heavy atom. The largest absolute Gasteiger partial charge is 0.456 e. The van der Waals surface area contributed by atoms with Crippen LogP contribution in [0.3, 0.4) is 0 Å². The van der Waals surface area contributed by atoms with Crippen molar-refractivity contribution in [1.82, 2.24) is 4.98 Å². The number of hydrogen-bond donors (Lipinski definition) is 0. The lowest BCUT2D eigenvalue weighted by Gasteiger charge is -1.93. The van der Waals surface area contributed by atoms with E-state index in [9.17, 15) is 0 Å². The molecule has 2 aromatic heterocycles. The van der Waals surface area contributed by atoms with E-state index in [0.717, 1.165) is 42.7 Å². The van der Waals surface area contributed by atoms with E-state index in [1.807, 2.05) is 42.5 Å². The molecule has 0 aliphatic carbocycles. The van der Waals surface area contributed by atoms with Crippen molar-refractivity contribution in [2.75, 3.05) is 0 Å². The van der Waals surface area contributed by atoms with Gasteiger partial charge in [-0.2, -0.15) is 0 Å². The van der Waals surface area contributed by atoms with Crippen molar-refractivity contribution in [1.29, 1.82) is 0 Å². The Hall–Kier alpha value is -2.36. The Morgan fingerprint density at radius 1 is 0.913 bits per heavy atom. The zero-order valence-corrected chi connectivity index (χ0v) is 13.5. The number of nitrogens with zero attached hydrogens (tertiary/aromatic N) is 1. The lowest BCUT2D eigenvalue weighted by molar-refractivity contribution is 0.669. The van der Waals surface area contributed by atoms with Gasteiger partial charge in [-0.15, -0.1) is 11.3 Å². The van der Waals surface area contributed by atoms with Gasteiger partial charge in [0.05, 0.1) is 15.6 Å². The fourth-order valence-electron chi connectivity index (χ4n) is 2.93. The van der Waals surface area contributed by atoms with Crippen molar-refractivity contribution in [3.8, 4) is 10.6 Å². The van der Waals surface area contributed by atoms with Crippen LogP contribution in [0.4, 0.5) is 0 Å². The van der Waals surface area contributed by atoms with Crippen molar-refractivity contribution < 1.29 is 4.42 Å². The van der Waals surface area contributed by atoms with Gasteiger partial charge in [0.1, 0.15) is 16.2 Å². The molecule has 0 bridgehead atoms. The van der Waals surface area contributed by atoms with Gasteiger partial charge in [0.15, 0.2) is 0 Å². The number of benzene rings is 3. The zero-order chi connectivity index (χ0) is 15.4. The quantitative estimate of drug-likeness (QED) is 0.348. The van der Waals surface area contributed by atoms with Crippen LogP contribution in [-0.2, 0) is 0 Å². The number of furan rings is 1. The van der Waals surface area contributed by atoms with Crippen LogP contribution >= 0.6 is 22.9 Å². The maximum Gasteiger partial charge on any atom is 0.137 e. The molecule has 0 atom stereocenters. The Balaban J connectivity index is 1.90. The maximum absolute atomic E-state index is 6.17. The normalized spacial score (nSPS) is 11.7. The first-order chi connectivity index (χ1) is 11.3. The van der Waals surface area contributed by atoms with Crippen LogP contribution in [0, 0.1) is 0 Å². The average Bonchev–Trinajstić information content (AvgIpc) is 3.16. The smallest absolute Gasteiger partial charge is 0.137 e. The van der Waals surface area contributed by atoms with Crippen LogP contribution in [0.2, 0.25) is 5.02 Å². The minimum absolute atomic E-state index is 0.704. The Kier molecular flexibility index (Phi) is 2.75. The molecule has 0 aliphatic heterocycles. The maximum atomic E-state index is 6.17. The number of rotatable bonds is 1. The summed E-state index contributed by atoms with van der Waals surface area (Å²) < 4.78 is 7.09. The number of hydrogen-bond acceptors (Lipinski definition) is 3. The van der Waals surface area contributed by atoms with E-state index >= 15 is 0 Å². The van der Waals surface area contributed by atoms with Crippen LogP contribution < -0.4 is 0 Å². The summed E-state index contributed by atoms with van der Waals surface area (Å²) in [7, 11) is 0. The van der Waals surface area contributed by atoms with Gasteiger partial charge < -0.3 is 4.42 Å². The fraction of sp³-hybridized carbons (Fsp3) is 0. The highest BCUT2D eigenvalue weighted by atomic mass is 35.5. The van der Waals surface area contributed by atoms with E-state index in [-0.39, 0.29) is 0 Å². The van der Waals surface area contributed by atoms with Gasteiger partial charge in [-0.25, -0.2) is 4.98 Å². The summed E-state index contributed by atoms with van der Waals surface area (Å²) in [6.07, 6.45) is 0. The Morgan fingerprint density at radius 2 is 1.74 bits per heavy atom. The molecule has 23 heavy (non-hydrogen) atoms. The predicted molar refractivity (Wildman–Crippen MR) is 97.3 cm³/mol. The molecule has 5 aromatic rings. The minimum atomic E-state index is 0.704. The van der Waals surface area contributed by atoms with Crippen molar-refractivity contribution in [2.45, 2.75) is 0 Å². The molecule has 110 valence electrons. The second-order valence-corrected chi connectivity index (χ2v) is 6.88. The molecule has 0 spiro atoms. The molecule has 2 heterocycles. The topological polar surface area (TPSA) is 26.0 Å². The summed E-state index contributed by atoms with van der Waals surface area (Å²) in [6, 6.07) is 20.0. The van der Waals surface area contributed by atoms with Gasteiger partial charge in [-0.05, 0) is 30.3 Å². The molecule has 0 unspecified atom stereocenters. The average molecular weight is 336 g/mol. The first kappa shape index (κ1) is 13.1. The van der Waals surface area contributed by atoms with Crippen LogP contribution in [0.1, 0.15) is 0 Å². The van der Waals surface area contributed by atoms with Gasteiger partial charge in [-0.3, -0.25) is 0 Å². The highest BCUT2D eigenvalue weighted by Gasteiger charge is 2.15. The summed E-state index contributed by atoms with van der Waals surface area (Å²) in [5, 5.41) is 3.78.